The van der Waals surface area contributed by atoms with Crippen molar-refractivity contribution in [2.45, 2.75) is 33.3 Å². The van der Waals surface area contributed by atoms with Gasteiger partial charge in [-0.2, -0.15) is 0 Å². The molecule has 1 aromatic carbocycles. The first-order valence-corrected chi connectivity index (χ1v) is 5.62. The Morgan fingerprint density at radius 3 is 2.60 bits per heavy atom. The summed E-state index contributed by atoms with van der Waals surface area (Å²) in [5.41, 5.74) is 3.83. The maximum Gasteiger partial charge on any atom is 0.125 e. The van der Waals surface area contributed by atoms with Crippen LogP contribution in [0, 0.1) is 20.8 Å². The summed E-state index contributed by atoms with van der Waals surface area (Å²) in [7, 11) is 0. The van der Waals surface area contributed by atoms with Crippen molar-refractivity contribution in [1.29, 1.82) is 0 Å². The number of hydrogen-bond acceptors (Lipinski definition) is 2. The van der Waals surface area contributed by atoms with Crippen LogP contribution in [0.4, 0.5) is 0 Å². The molecule has 0 amide bonds. The van der Waals surface area contributed by atoms with Gasteiger partial charge in [0, 0.05) is 6.54 Å². The molecule has 1 aliphatic heterocycles. The maximum absolute atomic E-state index is 6.06. The van der Waals surface area contributed by atoms with Crippen LogP contribution < -0.4 is 10.1 Å². The van der Waals surface area contributed by atoms with E-state index in [2.05, 4.69) is 38.2 Å². The summed E-state index contributed by atoms with van der Waals surface area (Å²) in [6.07, 6.45) is 1.47. The molecule has 0 aromatic heterocycles. The van der Waals surface area contributed by atoms with E-state index in [1.165, 1.54) is 16.7 Å². The molecule has 1 aliphatic rings. The summed E-state index contributed by atoms with van der Waals surface area (Å²) in [4.78, 5) is 0. The molecule has 1 aromatic rings. The Morgan fingerprint density at radius 1 is 1.20 bits per heavy atom. The zero-order chi connectivity index (χ0) is 10.8. The summed E-state index contributed by atoms with van der Waals surface area (Å²) in [6.45, 7) is 8.44. The molecular formula is C13H19NO. The maximum atomic E-state index is 6.06. The van der Waals surface area contributed by atoms with Gasteiger partial charge in [-0.25, -0.2) is 0 Å². The van der Waals surface area contributed by atoms with E-state index in [0.717, 1.165) is 25.3 Å². The second-order valence-corrected chi connectivity index (χ2v) is 4.39. The molecule has 2 nitrogen and oxygen atoms in total. The quantitative estimate of drug-likeness (QED) is 0.800. The summed E-state index contributed by atoms with van der Waals surface area (Å²) < 4.78 is 6.06. The lowest BCUT2D eigenvalue weighted by molar-refractivity contribution is 0.220. The van der Waals surface area contributed by atoms with Crippen molar-refractivity contribution in [1.82, 2.24) is 5.32 Å². The van der Waals surface area contributed by atoms with Crippen molar-refractivity contribution in [3.63, 3.8) is 0 Å². The molecule has 1 N–H and O–H groups in total. The van der Waals surface area contributed by atoms with Gasteiger partial charge in [0.15, 0.2) is 0 Å². The molecule has 1 saturated heterocycles. The molecule has 1 fully saturated rings. The zero-order valence-corrected chi connectivity index (χ0v) is 9.76. The van der Waals surface area contributed by atoms with Gasteiger partial charge in [-0.1, -0.05) is 12.1 Å². The van der Waals surface area contributed by atoms with Crippen LogP contribution in [0.1, 0.15) is 23.1 Å². The Morgan fingerprint density at radius 2 is 1.93 bits per heavy atom. The van der Waals surface area contributed by atoms with E-state index in [1.807, 2.05) is 0 Å². The highest BCUT2D eigenvalue weighted by atomic mass is 16.5. The average molecular weight is 205 g/mol. The average Bonchev–Trinajstić information content (AvgIpc) is 2.71. The summed E-state index contributed by atoms with van der Waals surface area (Å²) in [6, 6.07) is 4.30. The fourth-order valence-corrected chi connectivity index (χ4v) is 2.00. The van der Waals surface area contributed by atoms with Gasteiger partial charge in [0.25, 0.3) is 0 Å². The van der Waals surface area contributed by atoms with Gasteiger partial charge >= 0.3 is 0 Å². The topological polar surface area (TPSA) is 21.3 Å². The molecule has 1 atom stereocenters. The third-order valence-electron chi connectivity index (χ3n) is 3.17. The monoisotopic (exact) mass is 205 g/mol. The Balaban J connectivity index is 2.22. The number of hydrogen-bond donors (Lipinski definition) is 1. The minimum Gasteiger partial charge on any atom is -0.488 e. The Hall–Kier alpha value is -1.02. The fourth-order valence-electron chi connectivity index (χ4n) is 2.00. The lowest BCUT2D eigenvalue weighted by atomic mass is 10.1. The molecule has 0 aliphatic carbocycles. The summed E-state index contributed by atoms with van der Waals surface area (Å²) in [5, 5.41) is 3.32. The second-order valence-electron chi connectivity index (χ2n) is 4.39. The van der Waals surface area contributed by atoms with E-state index in [-0.39, 0.29) is 0 Å². The van der Waals surface area contributed by atoms with Gasteiger partial charge in [0.2, 0.25) is 0 Å². The van der Waals surface area contributed by atoms with Crippen molar-refractivity contribution < 1.29 is 4.74 Å². The summed E-state index contributed by atoms with van der Waals surface area (Å²) in [5.74, 6) is 1.09. The van der Waals surface area contributed by atoms with Gasteiger partial charge in [0.05, 0.1) is 0 Å². The van der Waals surface area contributed by atoms with E-state index in [1.54, 1.807) is 0 Å². The highest BCUT2D eigenvalue weighted by Crippen LogP contribution is 2.27. The predicted molar refractivity (Wildman–Crippen MR) is 62.6 cm³/mol. The molecule has 82 valence electrons. The number of aryl methyl sites for hydroxylation is 2. The van der Waals surface area contributed by atoms with Crippen LogP contribution in [0.15, 0.2) is 12.1 Å². The molecule has 1 heterocycles. The van der Waals surface area contributed by atoms with Crippen LogP contribution in [0.25, 0.3) is 0 Å². The van der Waals surface area contributed by atoms with E-state index < -0.39 is 0 Å². The van der Waals surface area contributed by atoms with E-state index in [9.17, 15) is 0 Å². The normalized spacial score (nSPS) is 20.6. The van der Waals surface area contributed by atoms with Gasteiger partial charge < -0.3 is 10.1 Å². The van der Waals surface area contributed by atoms with Crippen LogP contribution in [-0.4, -0.2) is 19.2 Å². The first-order valence-electron chi connectivity index (χ1n) is 5.62. The van der Waals surface area contributed by atoms with Crippen LogP contribution in [-0.2, 0) is 0 Å². The lowest BCUT2D eigenvalue weighted by Gasteiger charge is -2.18. The number of ether oxygens (including phenoxy) is 1. The molecule has 0 radical (unpaired) electrons. The highest BCUT2D eigenvalue weighted by molar-refractivity contribution is 5.44. The Kier molecular flexibility index (Phi) is 2.96. The third-order valence-corrected chi connectivity index (χ3v) is 3.17. The minimum atomic E-state index is 0.351. The third kappa shape index (κ3) is 2.15. The smallest absolute Gasteiger partial charge is 0.125 e. The SMILES string of the molecule is Cc1ccc(C)c(O[C@H]2CCNC2)c1C. The molecule has 0 bridgehead atoms. The molecule has 15 heavy (non-hydrogen) atoms. The predicted octanol–water partition coefficient (Wildman–Crippen LogP) is 2.35. The molecule has 0 spiro atoms. The van der Waals surface area contributed by atoms with Crippen molar-refractivity contribution in [2.75, 3.05) is 13.1 Å². The highest BCUT2D eigenvalue weighted by Gasteiger charge is 2.18. The minimum absolute atomic E-state index is 0.351. The first kappa shape index (κ1) is 10.5. The number of benzene rings is 1. The van der Waals surface area contributed by atoms with E-state index in [4.69, 9.17) is 4.74 Å². The van der Waals surface area contributed by atoms with Crippen molar-refractivity contribution in [3.8, 4) is 5.75 Å². The van der Waals surface area contributed by atoms with Gasteiger partial charge in [0.1, 0.15) is 11.9 Å². The van der Waals surface area contributed by atoms with E-state index >= 15 is 0 Å². The van der Waals surface area contributed by atoms with Crippen LogP contribution in [0.5, 0.6) is 5.75 Å². The molecule has 0 unspecified atom stereocenters. The van der Waals surface area contributed by atoms with Gasteiger partial charge in [-0.05, 0) is 50.4 Å². The standard InChI is InChI=1S/C13H19NO/c1-9-4-5-10(2)13(11(9)3)15-12-6-7-14-8-12/h4-5,12,14H,6-8H2,1-3H3/t12-/m0/s1. The van der Waals surface area contributed by atoms with Gasteiger partial charge in [-0.3, -0.25) is 0 Å². The summed E-state index contributed by atoms with van der Waals surface area (Å²) >= 11 is 0. The molecule has 2 rings (SSSR count). The zero-order valence-electron chi connectivity index (χ0n) is 9.76. The van der Waals surface area contributed by atoms with Crippen molar-refractivity contribution in [2.24, 2.45) is 0 Å². The largest absolute Gasteiger partial charge is 0.488 e. The van der Waals surface area contributed by atoms with Crippen LogP contribution in [0.2, 0.25) is 0 Å². The van der Waals surface area contributed by atoms with Gasteiger partial charge in [-0.15, -0.1) is 0 Å². The van der Waals surface area contributed by atoms with Crippen molar-refractivity contribution in [3.05, 3.63) is 28.8 Å². The van der Waals surface area contributed by atoms with Crippen LogP contribution in [0.3, 0.4) is 0 Å². The Bertz CT molecular complexity index is 354. The fraction of sp³-hybridized carbons (Fsp3) is 0.538. The van der Waals surface area contributed by atoms with E-state index in [0.29, 0.717) is 6.10 Å². The Labute approximate surface area is 91.6 Å². The second kappa shape index (κ2) is 4.23. The van der Waals surface area contributed by atoms with Crippen LogP contribution >= 0.6 is 0 Å². The number of rotatable bonds is 2. The molecular weight excluding hydrogens is 186 g/mol. The number of nitrogens with one attached hydrogen (secondary N) is 1. The lowest BCUT2D eigenvalue weighted by Crippen LogP contribution is -2.20. The molecule has 0 saturated carbocycles. The van der Waals surface area contributed by atoms with Crippen molar-refractivity contribution >= 4 is 0 Å². The first-order chi connectivity index (χ1) is 7.18. The molecule has 2 heteroatoms.